The summed E-state index contributed by atoms with van der Waals surface area (Å²) < 4.78 is 0. The van der Waals surface area contributed by atoms with E-state index in [2.05, 4.69) is 12.6 Å². The van der Waals surface area contributed by atoms with Gasteiger partial charge in [-0.1, -0.05) is 12.1 Å². The van der Waals surface area contributed by atoms with Crippen molar-refractivity contribution in [3.05, 3.63) is 29.3 Å². The van der Waals surface area contributed by atoms with Crippen molar-refractivity contribution in [2.45, 2.75) is 17.2 Å². The van der Waals surface area contributed by atoms with Crippen LogP contribution in [0.1, 0.15) is 11.1 Å². The van der Waals surface area contributed by atoms with Crippen LogP contribution in [0.25, 0.3) is 0 Å². The van der Waals surface area contributed by atoms with Gasteiger partial charge in [-0.3, -0.25) is 4.79 Å². The van der Waals surface area contributed by atoms with Gasteiger partial charge in [0.05, 0.1) is 5.88 Å². The molecule has 14 heavy (non-hydrogen) atoms. The van der Waals surface area contributed by atoms with Crippen LogP contribution in [0.3, 0.4) is 0 Å². The summed E-state index contributed by atoms with van der Waals surface area (Å²) in [6.45, 7) is 0. The van der Waals surface area contributed by atoms with E-state index in [9.17, 15) is 4.79 Å². The Bertz CT molecular complexity index is 339. The molecule has 76 valence electrons. The molecule has 0 saturated carbocycles. The molecule has 0 atom stereocenters. The Balaban J connectivity index is 2.84. The second kappa shape index (κ2) is 5.64. The van der Waals surface area contributed by atoms with Crippen LogP contribution >= 0.6 is 35.8 Å². The summed E-state index contributed by atoms with van der Waals surface area (Å²) in [6, 6.07) is 5.60. The quantitative estimate of drug-likeness (QED) is 0.641. The van der Waals surface area contributed by atoms with Crippen molar-refractivity contribution in [2.24, 2.45) is 0 Å². The summed E-state index contributed by atoms with van der Waals surface area (Å²) in [5, 5.41) is 0. The van der Waals surface area contributed by atoms with Gasteiger partial charge in [0.2, 0.25) is 0 Å². The lowest BCUT2D eigenvalue weighted by molar-refractivity contribution is -0.116. The van der Waals surface area contributed by atoms with E-state index in [1.807, 2.05) is 18.2 Å². The number of carbonyl (C=O) groups excluding carboxylic acids is 1. The van der Waals surface area contributed by atoms with E-state index in [0.29, 0.717) is 12.3 Å². The van der Waals surface area contributed by atoms with Gasteiger partial charge in [-0.25, -0.2) is 0 Å². The molecule has 0 bridgehead atoms. The van der Waals surface area contributed by atoms with Gasteiger partial charge >= 0.3 is 0 Å². The highest BCUT2D eigenvalue weighted by Crippen LogP contribution is 2.18. The zero-order valence-electron chi connectivity index (χ0n) is 7.46. The van der Waals surface area contributed by atoms with Crippen LogP contribution in [-0.2, 0) is 17.1 Å². The van der Waals surface area contributed by atoms with Crippen LogP contribution in [0.15, 0.2) is 23.1 Å². The Kier molecular flexibility index (Phi) is 4.79. The van der Waals surface area contributed by atoms with E-state index in [0.717, 1.165) is 16.0 Å². The van der Waals surface area contributed by atoms with E-state index >= 15 is 0 Å². The zero-order chi connectivity index (χ0) is 10.6. The minimum Gasteiger partial charge on any atom is -0.298 e. The van der Waals surface area contributed by atoms with Gasteiger partial charge in [0, 0.05) is 17.2 Å². The highest BCUT2D eigenvalue weighted by molar-refractivity contribution is 7.80. The number of alkyl halides is 2. The number of rotatable bonds is 4. The van der Waals surface area contributed by atoms with E-state index < -0.39 is 0 Å². The average molecular weight is 249 g/mol. The maximum atomic E-state index is 11.1. The molecular weight excluding hydrogens is 239 g/mol. The summed E-state index contributed by atoms with van der Waals surface area (Å²) in [5.74, 6) is 0.472. The molecule has 0 radical (unpaired) electrons. The predicted octanol–water partition coefficient (Wildman–Crippen LogP) is 3.06. The first-order valence-corrected chi connectivity index (χ1v) is 5.63. The first-order chi connectivity index (χ1) is 6.67. The Labute approximate surface area is 98.8 Å². The average Bonchev–Trinajstić information content (AvgIpc) is 2.20. The predicted molar refractivity (Wildman–Crippen MR) is 62.7 cm³/mol. The molecule has 0 fully saturated rings. The number of hydrogen-bond donors (Lipinski definition) is 1. The molecule has 0 heterocycles. The van der Waals surface area contributed by atoms with Gasteiger partial charge in [-0.05, 0) is 17.2 Å². The molecule has 1 rings (SSSR count). The van der Waals surface area contributed by atoms with Gasteiger partial charge in [0.25, 0.3) is 0 Å². The van der Waals surface area contributed by atoms with Crippen LogP contribution in [0, 0.1) is 0 Å². The van der Waals surface area contributed by atoms with Gasteiger partial charge in [-0.2, -0.15) is 0 Å². The SMILES string of the molecule is O=C(CCl)Cc1ccc(S)c(CCl)c1. The van der Waals surface area contributed by atoms with Crippen molar-refractivity contribution in [3.8, 4) is 0 Å². The summed E-state index contributed by atoms with van der Waals surface area (Å²) in [5.41, 5.74) is 1.87. The van der Waals surface area contributed by atoms with E-state index in [-0.39, 0.29) is 11.7 Å². The van der Waals surface area contributed by atoms with Gasteiger partial charge in [0.1, 0.15) is 0 Å². The third kappa shape index (κ3) is 3.19. The van der Waals surface area contributed by atoms with E-state index in [4.69, 9.17) is 23.2 Å². The number of ketones is 1. The van der Waals surface area contributed by atoms with Crippen LogP contribution < -0.4 is 0 Å². The lowest BCUT2D eigenvalue weighted by Gasteiger charge is -2.04. The first kappa shape index (κ1) is 11.9. The van der Waals surface area contributed by atoms with Crippen LogP contribution in [-0.4, -0.2) is 11.7 Å². The highest BCUT2D eigenvalue weighted by atomic mass is 35.5. The van der Waals surface area contributed by atoms with Crippen molar-refractivity contribution < 1.29 is 4.79 Å². The van der Waals surface area contributed by atoms with Crippen LogP contribution in [0.2, 0.25) is 0 Å². The fourth-order valence-electron chi connectivity index (χ4n) is 1.13. The Hall–Kier alpha value is -0.180. The maximum Gasteiger partial charge on any atom is 0.151 e. The fraction of sp³-hybridized carbons (Fsp3) is 0.300. The zero-order valence-corrected chi connectivity index (χ0v) is 9.87. The van der Waals surface area contributed by atoms with Crippen molar-refractivity contribution in [1.82, 2.24) is 0 Å². The largest absolute Gasteiger partial charge is 0.298 e. The fourth-order valence-corrected chi connectivity index (χ4v) is 1.76. The third-order valence-corrected chi connectivity index (χ3v) is 2.86. The minimum atomic E-state index is 0.0131. The van der Waals surface area contributed by atoms with Crippen LogP contribution in [0.4, 0.5) is 0 Å². The smallest absolute Gasteiger partial charge is 0.151 e. The molecule has 0 amide bonds. The first-order valence-electron chi connectivity index (χ1n) is 4.11. The maximum absolute atomic E-state index is 11.1. The lowest BCUT2D eigenvalue weighted by Crippen LogP contribution is -2.04. The Morgan fingerprint density at radius 3 is 2.64 bits per heavy atom. The van der Waals surface area contributed by atoms with Crippen molar-refractivity contribution >= 4 is 41.6 Å². The standard InChI is InChI=1S/C10H10Cl2OS/c11-5-8-3-7(1-2-10(8)14)4-9(13)6-12/h1-3,14H,4-6H2. The Morgan fingerprint density at radius 2 is 2.07 bits per heavy atom. The molecule has 0 spiro atoms. The molecule has 4 heteroatoms. The molecule has 0 aliphatic carbocycles. The second-order valence-electron chi connectivity index (χ2n) is 2.95. The number of halogens is 2. The molecule has 1 aromatic rings. The van der Waals surface area contributed by atoms with Gasteiger partial charge in [-0.15, -0.1) is 35.8 Å². The molecule has 0 saturated heterocycles. The normalized spacial score (nSPS) is 10.2. The number of carbonyl (C=O) groups is 1. The van der Waals surface area contributed by atoms with E-state index in [1.165, 1.54) is 0 Å². The molecule has 0 aliphatic heterocycles. The summed E-state index contributed by atoms with van der Waals surface area (Å²) in [6.07, 6.45) is 0.363. The summed E-state index contributed by atoms with van der Waals surface area (Å²) in [7, 11) is 0. The van der Waals surface area contributed by atoms with Crippen molar-refractivity contribution in [3.63, 3.8) is 0 Å². The molecule has 1 nitrogen and oxygen atoms in total. The van der Waals surface area contributed by atoms with Gasteiger partial charge < -0.3 is 0 Å². The third-order valence-electron chi connectivity index (χ3n) is 1.84. The summed E-state index contributed by atoms with van der Waals surface area (Å²) >= 11 is 15.4. The number of Topliss-reactive ketones (excluding diaryl/α,β-unsaturated/α-hetero) is 1. The Morgan fingerprint density at radius 1 is 1.36 bits per heavy atom. The molecule has 0 aromatic heterocycles. The van der Waals surface area contributed by atoms with E-state index in [1.54, 1.807) is 0 Å². The van der Waals surface area contributed by atoms with Crippen LogP contribution in [0.5, 0.6) is 0 Å². The highest BCUT2D eigenvalue weighted by Gasteiger charge is 2.04. The molecule has 0 N–H and O–H groups in total. The number of hydrogen-bond acceptors (Lipinski definition) is 2. The molecule has 0 aliphatic rings. The van der Waals surface area contributed by atoms with Gasteiger partial charge in [0.15, 0.2) is 5.78 Å². The monoisotopic (exact) mass is 248 g/mol. The second-order valence-corrected chi connectivity index (χ2v) is 3.96. The minimum absolute atomic E-state index is 0.0131. The molecular formula is C10H10Cl2OS. The molecule has 0 unspecified atom stereocenters. The molecule has 1 aromatic carbocycles. The topological polar surface area (TPSA) is 17.1 Å². The van der Waals surface area contributed by atoms with Crippen molar-refractivity contribution in [1.29, 1.82) is 0 Å². The van der Waals surface area contributed by atoms with Crippen molar-refractivity contribution in [2.75, 3.05) is 5.88 Å². The number of thiol groups is 1. The summed E-state index contributed by atoms with van der Waals surface area (Å²) in [4.78, 5) is 11.9. The number of benzene rings is 1. The lowest BCUT2D eigenvalue weighted by atomic mass is 10.1.